The molecule has 0 fully saturated rings. The molecule has 2 aromatic rings. The molecule has 1 aromatic carbocycles. The van der Waals surface area contributed by atoms with Gasteiger partial charge in [0.15, 0.2) is 5.69 Å². The van der Waals surface area contributed by atoms with E-state index < -0.39 is 5.97 Å². The van der Waals surface area contributed by atoms with Crippen molar-refractivity contribution in [1.82, 2.24) is 15.0 Å². The highest BCUT2D eigenvalue weighted by Gasteiger charge is 2.25. The third-order valence-electron chi connectivity index (χ3n) is 3.08. The average Bonchev–Trinajstić information content (AvgIpc) is 2.92. The van der Waals surface area contributed by atoms with Crippen molar-refractivity contribution < 1.29 is 19.4 Å². The summed E-state index contributed by atoms with van der Waals surface area (Å²) in [5.74, 6) is -0.570. The summed E-state index contributed by atoms with van der Waals surface area (Å²) in [6.07, 6.45) is 0. The molecule has 0 saturated carbocycles. The Bertz CT molecular complexity index is 639. The first-order valence-electron chi connectivity index (χ1n) is 6.41. The van der Waals surface area contributed by atoms with Crippen LogP contribution >= 0.6 is 0 Å². The number of carboxylic acids is 1. The van der Waals surface area contributed by atoms with Crippen molar-refractivity contribution in [3.63, 3.8) is 0 Å². The lowest BCUT2D eigenvalue weighted by atomic mass is 10.1. The van der Waals surface area contributed by atoms with Gasteiger partial charge in [0.2, 0.25) is 0 Å². The second-order valence-corrected chi connectivity index (χ2v) is 4.54. The van der Waals surface area contributed by atoms with Crippen LogP contribution < -0.4 is 4.74 Å². The summed E-state index contributed by atoms with van der Waals surface area (Å²) in [6, 6.07) is 7.01. The maximum atomic E-state index is 11.4. The predicted octanol–water partition coefficient (Wildman–Crippen LogP) is 1.86. The van der Waals surface area contributed by atoms with Crippen molar-refractivity contribution in [2.45, 2.75) is 13.0 Å². The molecule has 2 rings (SSSR count). The summed E-state index contributed by atoms with van der Waals surface area (Å²) in [4.78, 5) is 11.4. The number of nitrogens with zero attached hydrogens (tertiary/aromatic N) is 3. The van der Waals surface area contributed by atoms with E-state index in [1.165, 1.54) is 7.11 Å². The molecular weight excluding hydrogens is 274 g/mol. The molecule has 1 atom stereocenters. The van der Waals surface area contributed by atoms with E-state index in [1.807, 2.05) is 19.1 Å². The summed E-state index contributed by atoms with van der Waals surface area (Å²) in [5.41, 5.74) is 0.928. The number of carbonyl (C=O) groups is 1. The van der Waals surface area contributed by atoms with Crippen LogP contribution in [0.25, 0.3) is 11.3 Å². The van der Waals surface area contributed by atoms with Gasteiger partial charge in [-0.05, 0) is 19.1 Å². The van der Waals surface area contributed by atoms with Crippen LogP contribution in [-0.2, 0) is 4.74 Å². The molecule has 1 heterocycles. The van der Waals surface area contributed by atoms with E-state index in [0.717, 1.165) is 0 Å². The fraction of sp³-hybridized carbons (Fsp3) is 0.357. The molecule has 0 aliphatic heterocycles. The summed E-state index contributed by atoms with van der Waals surface area (Å²) in [5, 5.41) is 17.1. The molecular formula is C14H17N3O4. The van der Waals surface area contributed by atoms with Crippen LogP contribution in [0.1, 0.15) is 23.5 Å². The number of ether oxygens (including phenoxy) is 2. The molecule has 1 aromatic heterocycles. The standard InChI is InChI=1S/C14H17N3O4/c1-9(8-20-2)17-13(12(14(18)19)15-16-17)10-6-4-5-7-11(10)21-3/h4-7,9H,8H2,1-3H3,(H,18,19). The molecule has 7 heteroatoms. The highest BCUT2D eigenvalue weighted by atomic mass is 16.5. The van der Waals surface area contributed by atoms with Gasteiger partial charge in [-0.15, -0.1) is 5.10 Å². The zero-order valence-corrected chi connectivity index (χ0v) is 12.1. The lowest BCUT2D eigenvalue weighted by Crippen LogP contribution is -2.14. The zero-order chi connectivity index (χ0) is 15.4. The Balaban J connectivity index is 2.64. The molecule has 21 heavy (non-hydrogen) atoms. The van der Waals surface area contributed by atoms with Gasteiger partial charge in [-0.1, -0.05) is 17.3 Å². The molecule has 0 saturated heterocycles. The minimum absolute atomic E-state index is 0.109. The summed E-state index contributed by atoms with van der Waals surface area (Å²) >= 11 is 0. The van der Waals surface area contributed by atoms with Crippen molar-refractivity contribution in [1.29, 1.82) is 0 Å². The van der Waals surface area contributed by atoms with E-state index >= 15 is 0 Å². The van der Waals surface area contributed by atoms with E-state index in [-0.39, 0.29) is 11.7 Å². The second-order valence-electron chi connectivity index (χ2n) is 4.54. The van der Waals surface area contributed by atoms with Gasteiger partial charge in [0, 0.05) is 12.7 Å². The lowest BCUT2D eigenvalue weighted by Gasteiger charge is -2.15. The minimum Gasteiger partial charge on any atom is -0.496 e. The van der Waals surface area contributed by atoms with E-state index in [9.17, 15) is 9.90 Å². The molecule has 1 unspecified atom stereocenters. The van der Waals surface area contributed by atoms with Gasteiger partial charge in [-0.2, -0.15) is 0 Å². The van der Waals surface area contributed by atoms with Gasteiger partial charge in [0.05, 0.1) is 19.8 Å². The highest BCUT2D eigenvalue weighted by molar-refractivity contribution is 5.93. The van der Waals surface area contributed by atoms with E-state index in [4.69, 9.17) is 9.47 Å². The number of rotatable bonds is 6. The Kier molecular flexibility index (Phi) is 4.54. The van der Waals surface area contributed by atoms with E-state index in [0.29, 0.717) is 23.6 Å². The van der Waals surface area contributed by atoms with Gasteiger partial charge >= 0.3 is 5.97 Å². The number of aromatic carboxylic acids is 1. The zero-order valence-electron chi connectivity index (χ0n) is 12.1. The van der Waals surface area contributed by atoms with Crippen molar-refractivity contribution >= 4 is 5.97 Å². The van der Waals surface area contributed by atoms with Gasteiger partial charge < -0.3 is 14.6 Å². The molecule has 0 aliphatic rings. The number of hydrogen-bond acceptors (Lipinski definition) is 5. The molecule has 112 valence electrons. The number of carboxylic acid groups (broad SMARTS) is 1. The first kappa shape index (κ1) is 15.0. The van der Waals surface area contributed by atoms with Crippen LogP contribution in [0, 0.1) is 0 Å². The van der Waals surface area contributed by atoms with Gasteiger partial charge in [-0.3, -0.25) is 0 Å². The van der Waals surface area contributed by atoms with Crippen LogP contribution in [0.4, 0.5) is 0 Å². The number of hydrogen-bond donors (Lipinski definition) is 1. The van der Waals surface area contributed by atoms with Gasteiger partial charge in [0.25, 0.3) is 0 Å². The van der Waals surface area contributed by atoms with Gasteiger partial charge in [-0.25, -0.2) is 9.48 Å². The van der Waals surface area contributed by atoms with Crippen LogP contribution in [0.5, 0.6) is 5.75 Å². The molecule has 0 aliphatic carbocycles. The van der Waals surface area contributed by atoms with Crippen LogP contribution in [-0.4, -0.2) is 46.9 Å². The van der Waals surface area contributed by atoms with Gasteiger partial charge in [0.1, 0.15) is 11.4 Å². The number of aromatic nitrogens is 3. The fourth-order valence-corrected chi connectivity index (χ4v) is 2.15. The Morgan fingerprint density at radius 1 is 1.38 bits per heavy atom. The third-order valence-corrected chi connectivity index (χ3v) is 3.08. The Morgan fingerprint density at radius 3 is 2.71 bits per heavy atom. The monoisotopic (exact) mass is 291 g/mol. The Morgan fingerprint density at radius 2 is 2.10 bits per heavy atom. The Labute approximate surface area is 122 Å². The molecule has 1 N–H and O–H groups in total. The smallest absolute Gasteiger partial charge is 0.358 e. The fourth-order valence-electron chi connectivity index (χ4n) is 2.15. The largest absolute Gasteiger partial charge is 0.496 e. The van der Waals surface area contributed by atoms with E-state index in [1.54, 1.807) is 23.9 Å². The number of methoxy groups -OCH3 is 2. The highest BCUT2D eigenvalue weighted by Crippen LogP contribution is 2.32. The average molecular weight is 291 g/mol. The predicted molar refractivity (Wildman–Crippen MR) is 75.6 cm³/mol. The first-order chi connectivity index (χ1) is 10.1. The van der Waals surface area contributed by atoms with Crippen molar-refractivity contribution in [3.8, 4) is 17.0 Å². The number of benzene rings is 1. The Hall–Kier alpha value is -2.41. The van der Waals surface area contributed by atoms with Crippen LogP contribution in [0.15, 0.2) is 24.3 Å². The minimum atomic E-state index is -1.13. The van der Waals surface area contributed by atoms with Crippen LogP contribution in [0.3, 0.4) is 0 Å². The van der Waals surface area contributed by atoms with Crippen molar-refractivity contribution in [3.05, 3.63) is 30.0 Å². The quantitative estimate of drug-likeness (QED) is 0.874. The first-order valence-corrected chi connectivity index (χ1v) is 6.41. The third kappa shape index (κ3) is 2.87. The number of para-hydroxylation sites is 1. The molecule has 0 spiro atoms. The van der Waals surface area contributed by atoms with Crippen LogP contribution in [0.2, 0.25) is 0 Å². The maximum Gasteiger partial charge on any atom is 0.358 e. The molecule has 0 bridgehead atoms. The molecule has 7 nitrogen and oxygen atoms in total. The topological polar surface area (TPSA) is 86.5 Å². The summed E-state index contributed by atoms with van der Waals surface area (Å²) < 4.78 is 12.0. The van der Waals surface area contributed by atoms with E-state index in [2.05, 4.69) is 10.3 Å². The summed E-state index contributed by atoms with van der Waals surface area (Å²) in [6.45, 7) is 2.27. The lowest BCUT2D eigenvalue weighted by molar-refractivity contribution is 0.0691. The maximum absolute atomic E-state index is 11.4. The molecule has 0 amide bonds. The second kappa shape index (κ2) is 6.36. The SMILES string of the molecule is COCC(C)n1nnc(C(=O)O)c1-c1ccccc1OC. The summed E-state index contributed by atoms with van der Waals surface area (Å²) in [7, 11) is 3.11. The van der Waals surface area contributed by atoms with Crippen molar-refractivity contribution in [2.75, 3.05) is 20.8 Å². The van der Waals surface area contributed by atoms with Crippen molar-refractivity contribution in [2.24, 2.45) is 0 Å². The normalized spacial score (nSPS) is 12.1. The molecule has 0 radical (unpaired) electrons.